The molecule has 1 aliphatic heterocycles. The van der Waals surface area contributed by atoms with E-state index in [9.17, 15) is 14.7 Å². The zero-order valence-corrected chi connectivity index (χ0v) is 15.5. The maximum absolute atomic E-state index is 12.3. The second-order valence-electron chi connectivity index (χ2n) is 7.69. The van der Waals surface area contributed by atoms with Crippen LogP contribution in [0.15, 0.2) is 24.3 Å². The van der Waals surface area contributed by atoms with Crippen LogP contribution in [0.4, 0.5) is 4.79 Å². The number of aliphatic carboxylic acids is 1. The maximum Gasteiger partial charge on any atom is 0.411 e. The second kappa shape index (κ2) is 7.33. The molecule has 0 aromatic heterocycles. The van der Waals surface area contributed by atoms with E-state index < -0.39 is 23.7 Å². The molecule has 1 heterocycles. The third-order valence-electron chi connectivity index (χ3n) is 4.00. The fourth-order valence-electron chi connectivity index (χ4n) is 2.78. The summed E-state index contributed by atoms with van der Waals surface area (Å²) in [6.45, 7) is 9.64. The molecule has 6 nitrogen and oxygen atoms in total. The number of hydrogen-bond donors (Lipinski definition) is 1. The molecule has 0 radical (unpaired) electrons. The van der Waals surface area contributed by atoms with E-state index in [1.54, 1.807) is 20.8 Å². The smallest absolute Gasteiger partial charge is 0.411 e. The van der Waals surface area contributed by atoms with E-state index in [4.69, 9.17) is 9.47 Å². The molecule has 1 N–H and O–H groups in total. The molecule has 1 amide bonds. The minimum absolute atomic E-state index is 0.192. The van der Waals surface area contributed by atoms with Crippen molar-refractivity contribution in [2.75, 3.05) is 6.54 Å². The first-order chi connectivity index (χ1) is 11.6. The topological polar surface area (TPSA) is 76.1 Å². The molecule has 0 aliphatic carbocycles. The molecule has 0 bridgehead atoms. The van der Waals surface area contributed by atoms with Crippen LogP contribution in [0.1, 0.15) is 52.5 Å². The number of benzene rings is 1. The second-order valence-corrected chi connectivity index (χ2v) is 7.69. The van der Waals surface area contributed by atoms with Crippen LogP contribution in [0.2, 0.25) is 0 Å². The summed E-state index contributed by atoms with van der Waals surface area (Å²) in [6, 6.07) is 6.81. The van der Waals surface area contributed by atoms with Gasteiger partial charge >= 0.3 is 12.1 Å². The van der Waals surface area contributed by atoms with Gasteiger partial charge in [0.2, 0.25) is 0 Å². The highest BCUT2D eigenvalue weighted by Gasteiger charge is 2.42. The molecule has 0 saturated carbocycles. The Hall–Kier alpha value is -2.24. The number of likely N-dealkylation sites (tertiary alicyclic amines) is 1. The predicted octanol–water partition coefficient (Wildman–Crippen LogP) is 3.65. The molecule has 2 rings (SSSR count). The largest absolute Gasteiger partial charge is 0.488 e. The summed E-state index contributed by atoms with van der Waals surface area (Å²) < 4.78 is 11.3. The number of hydrogen-bond acceptors (Lipinski definition) is 4. The van der Waals surface area contributed by atoms with Crippen LogP contribution in [0.5, 0.6) is 5.75 Å². The van der Waals surface area contributed by atoms with Gasteiger partial charge in [0.25, 0.3) is 0 Å². The van der Waals surface area contributed by atoms with Gasteiger partial charge in [0.15, 0.2) is 0 Å². The van der Waals surface area contributed by atoms with Crippen molar-refractivity contribution in [3.63, 3.8) is 0 Å². The molecule has 0 spiro atoms. The Labute approximate surface area is 148 Å². The summed E-state index contributed by atoms with van der Waals surface area (Å²) in [5, 5.41) is 9.43. The molecule has 6 heteroatoms. The summed E-state index contributed by atoms with van der Waals surface area (Å²) >= 11 is 0. The lowest BCUT2D eigenvalue weighted by molar-refractivity contribution is -0.142. The van der Waals surface area contributed by atoms with Crippen molar-refractivity contribution in [3.8, 4) is 5.75 Å². The van der Waals surface area contributed by atoms with E-state index in [0.29, 0.717) is 11.7 Å². The van der Waals surface area contributed by atoms with Crippen molar-refractivity contribution >= 4 is 12.1 Å². The van der Waals surface area contributed by atoms with Crippen LogP contribution in [-0.2, 0) is 9.53 Å². The third-order valence-corrected chi connectivity index (χ3v) is 4.00. The molecule has 0 unspecified atom stereocenters. The Morgan fingerprint density at radius 3 is 2.52 bits per heavy atom. The van der Waals surface area contributed by atoms with Crippen LogP contribution < -0.4 is 4.74 Å². The number of carbonyl (C=O) groups excluding carboxylic acids is 1. The van der Waals surface area contributed by atoms with Crippen molar-refractivity contribution in [1.82, 2.24) is 4.90 Å². The normalized spacial score (nSPS) is 20.6. The van der Waals surface area contributed by atoms with Crippen molar-refractivity contribution in [1.29, 1.82) is 0 Å². The molecular formula is C19H27NO5. The van der Waals surface area contributed by atoms with Crippen LogP contribution in [0.25, 0.3) is 0 Å². The highest BCUT2D eigenvalue weighted by Crippen LogP contribution is 2.27. The first kappa shape index (κ1) is 19.1. The minimum atomic E-state index is -1.05. The Morgan fingerprint density at radius 1 is 1.28 bits per heavy atom. The average Bonchev–Trinajstić information content (AvgIpc) is 2.90. The van der Waals surface area contributed by atoms with Crippen LogP contribution >= 0.6 is 0 Å². The van der Waals surface area contributed by atoms with E-state index in [-0.39, 0.29) is 19.1 Å². The SMILES string of the molecule is CC(C)c1cccc(O[C@H]2C[C@@H](C(=O)O)N(C(=O)OC(C)(C)C)C2)c1. The number of nitrogens with zero attached hydrogens (tertiary/aromatic N) is 1. The van der Waals surface area contributed by atoms with E-state index in [2.05, 4.69) is 13.8 Å². The number of carboxylic acids is 1. The summed E-state index contributed by atoms with van der Waals surface area (Å²) in [5.41, 5.74) is 0.472. The summed E-state index contributed by atoms with van der Waals surface area (Å²) in [6.07, 6.45) is -0.765. The summed E-state index contributed by atoms with van der Waals surface area (Å²) in [7, 11) is 0. The number of amides is 1. The van der Waals surface area contributed by atoms with Crippen LogP contribution in [0, 0.1) is 0 Å². The van der Waals surface area contributed by atoms with Gasteiger partial charge in [-0.1, -0.05) is 26.0 Å². The minimum Gasteiger partial charge on any atom is -0.488 e. The summed E-state index contributed by atoms with van der Waals surface area (Å²) in [4.78, 5) is 25.1. The molecule has 25 heavy (non-hydrogen) atoms. The monoisotopic (exact) mass is 349 g/mol. The number of carboxylic acid groups (broad SMARTS) is 1. The van der Waals surface area contributed by atoms with E-state index in [1.165, 1.54) is 4.90 Å². The zero-order valence-electron chi connectivity index (χ0n) is 15.5. The number of carbonyl (C=O) groups is 2. The quantitative estimate of drug-likeness (QED) is 0.898. The number of ether oxygens (including phenoxy) is 2. The van der Waals surface area contributed by atoms with Gasteiger partial charge in [-0.05, 0) is 44.4 Å². The zero-order chi connectivity index (χ0) is 18.8. The van der Waals surface area contributed by atoms with Crippen LogP contribution in [-0.4, -0.2) is 46.4 Å². The Bertz CT molecular complexity index is 635. The van der Waals surface area contributed by atoms with Crippen molar-refractivity contribution in [2.24, 2.45) is 0 Å². The predicted molar refractivity (Wildman–Crippen MR) is 93.9 cm³/mol. The van der Waals surface area contributed by atoms with Gasteiger partial charge in [-0.2, -0.15) is 0 Å². The fourth-order valence-corrected chi connectivity index (χ4v) is 2.78. The van der Waals surface area contributed by atoms with Gasteiger partial charge < -0.3 is 14.6 Å². The lowest BCUT2D eigenvalue weighted by atomic mass is 10.0. The molecule has 1 aliphatic rings. The molecule has 1 fully saturated rings. The lowest BCUT2D eigenvalue weighted by Gasteiger charge is -2.26. The Balaban J connectivity index is 2.10. The van der Waals surface area contributed by atoms with E-state index in [1.807, 2.05) is 24.3 Å². The van der Waals surface area contributed by atoms with E-state index >= 15 is 0 Å². The molecule has 1 aromatic carbocycles. The molecule has 2 atom stereocenters. The van der Waals surface area contributed by atoms with Gasteiger partial charge in [0, 0.05) is 6.42 Å². The van der Waals surface area contributed by atoms with E-state index in [0.717, 1.165) is 5.56 Å². The van der Waals surface area contributed by atoms with Gasteiger partial charge in [-0.3, -0.25) is 4.90 Å². The highest BCUT2D eigenvalue weighted by molar-refractivity contribution is 5.81. The lowest BCUT2D eigenvalue weighted by Crippen LogP contribution is -2.43. The van der Waals surface area contributed by atoms with Crippen molar-refractivity contribution in [3.05, 3.63) is 29.8 Å². The first-order valence-electron chi connectivity index (χ1n) is 8.56. The molecule has 1 saturated heterocycles. The van der Waals surface area contributed by atoms with Crippen LogP contribution in [0.3, 0.4) is 0 Å². The Morgan fingerprint density at radius 2 is 1.96 bits per heavy atom. The molecular weight excluding hydrogens is 322 g/mol. The average molecular weight is 349 g/mol. The number of rotatable bonds is 4. The van der Waals surface area contributed by atoms with Gasteiger partial charge in [-0.25, -0.2) is 9.59 Å². The third kappa shape index (κ3) is 5.11. The van der Waals surface area contributed by atoms with Gasteiger partial charge in [0.1, 0.15) is 23.5 Å². The van der Waals surface area contributed by atoms with Crippen molar-refractivity contribution in [2.45, 2.75) is 64.7 Å². The first-order valence-corrected chi connectivity index (χ1v) is 8.56. The standard InChI is InChI=1S/C19H27NO5/c1-12(2)13-7-6-8-14(9-13)24-15-10-16(17(21)22)20(11-15)18(23)25-19(3,4)5/h6-9,12,15-16H,10-11H2,1-5H3,(H,21,22)/t15-,16-/m0/s1. The van der Waals surface area contributed by atoms with Gasteiger partial charge in [-0.15, -0.1) is 0 Å². The van der Waals surface area contributed by atoms with Gasteiger partial charge in [0.05, 0.1) is 6.54 Å². The highest BCUT2D eigenvalue weighted by atomic mass is 16.6. The van der Waals surface area contributed by atoms with Crippen molar-refractivity contribution < 1.29 is 24.2 Å². The molecule has 138 valence electrons. The maximum atomic E-state index is 12.3. The fraction of sp³-hybridized carbons (Fsp3) is 0.579. The summed E-state index contributed by atoms with van der Waals surface area (Å²) in [5.74, 6) is 0.0106. The molecule has 1 aromatic rings. The Kier molecular flexibility index (Phi) is 5.60.